The van der Waals surface area contributed by atoms with E-state index in [0.29, 0.717) is 0 Å². The van der Waals surface area contributed by atoms with Crippen LogP contribution in [0.15, 0.2) is 34.1 Å². The Morgan fingerprint density at radius 1 is 1.43 bits per heavy atom. The molecule has 3 rings (SSSR count). The summed E-state index contributed by atoms with van der Waals surface area (Å²) in [5.41, 5.74) is 2.04. The van der Waals surface area contributed by atoms with Crippen molar-refractivity contribution in [1.82, 2.24) is 15.6 Å². The molecule has 0 bridgehead atoms. The number of rotatable bonds is 4. The predicted octanol–water partition coefficient (Wildman–Crippen LogP) is 2.97. The Morgan fingerprint density at radius 3 is 2.76 bits per heavy atom. The first-order chi connectivity index (χ1) is 10.1. The molecule has 1 aliphatic heterocycles. The van der Waals surface area contributed by atoms with Gasteiger partial charge in [-0.1, -0.05) is 28.1 Å². The highest BCUT2D eigenvalue weighted by molar-refractivity contribution is 9.10. The summed E-state index contributed by atoms with van der Waals surface area (Å²) in [5.74, 6) is 0.222. The quantitative estimate of drug-likeness (QED) is 0.875. The molecule has 2 aromatic rings. The fourth-order valence-corrected chi connectivity index (χ4v) is 3.21. The smallest absolute Gasteiger partial charge is 0.226 e. The molecule has 1 atom stereocenters. The van der Waals surface area contributed by atoms with Crippen molar-refractivity contribution >= 4 is 33.2 Å². The number of nitrogens with one attached hydrogen (secondary N) is 2. The van der Waals surface area contributed by atoms with Crippen LogP contribution in [0.1, 0.15) is 18.0 Å². The number of thiazole rings is 1. The summed E-state index contributed by atoms with van der Waals surface area (Å²) in [5, 5.41) is 9.11. The van der Waals surface area contributed by atoms with Gasteiger partial charge in [0.15, 0.2) is 0 Å². The zero-order valence-electron chi connectivity index (χ0n) is 11.6. The number of hydrogen-bond donors (Lipinski definition) is 2. The van der Waals surface area contributed by atoms with Gasteiger partial charge in [0.1, 0.15) is 5.01 Å². The molecule has 0 saturated carbocycles. The molecular formula is C15H16BrN3OS. The van der Waals surface area contributed by atoms with E-state index >= 15 is 0 Å². The first-order valence-corrected chi connectivity index (χ1v) is 8.53. The largest absolute Gasteiger partial charge is 0.347 e. The monoisotopic (exact) mass is 365 g/mol. The van der Waals surface area contributed by atoms with Gasteiger partial charge in [0, 0.05) is 28.5 Å². The van der Waals surface area contributed by atoms with Crippen molar-refractivity contribution in [2.24, 2.45) is 5.92 Å². The second kappa shape index (κ2) is 6.25. The number of hydrogen-bond acceptors (Lipinski definition) is 4. The van der Waals surface area contributed by atoms with Crippen molar-refractivity contribution in [1.29, 1.82) is 0 Å². The number of carbonyl (C=O) groups excluding carboxylic acids is 1. The Kier molecular flexibility index (Phi) is 4.37. The lowest BCUT2D eigenvalue weighted by atomic mass is 10.0. The third-order valence-electron chi connectivity index (χ3n) is 3.54. The Bertz CT molecular complexity index is 637. The van der Waals surface area contributed by atoms with E-state index in [-0.39, 0.29) is 17.9 Å². The van der Waals surface area contributed by atoms with E-state index in [2.05, 4.69) is 31.5 Å². The van der Waals surface area contributed by atoms with Crippen molar-refractivity contribution in [2.75, 3.05) is 13.1 Å². The van der Waals surface area contributed by atoms with E-state index in [4.69, 9.17) is 0 Å². The predicted molar refractivity (Wildman–Crippen MR) is 88.2 cm³/mol. The molecule has 2 heterocycles. The minimum Gasteiger partial charge on any atom is -0.347 e. The molecule has 1 unspecified atom stereocenters. The summed E-state index contributed by atoms with van der Waals surface area (Å²) in [6, 6.07) is 8.03. The Balaban J connectivity index is 1.68. The van der Waals surface area contributed by atoms with Crippen LogP contribution in [-0.2, 0) is 4.79 Å². The molecule has 1 saturated heterocycles. The number of nitrogens with zero attached hydrogens (tertiary/aromatic N) is 1. The highest BCUT2D eigenvalue weighted by Gasteiger charge is 2.26. The van der Waals surface area contributed by atoms with Gasteiger partial charge in [-0.15, -0.1) is 11.3 Å². The molecule has 1 fully saturated rings. The minimum absolute atomic E-state index is 0.0488. The van der Waals surface area contributed by atoms with Gasteiger partial charge in [-0.2, -0.15) is 0 Å². The number of benzene rings is 1. The molecule has 0 aliphatic carbocycles. The first kappa shape index (κ1) is 14.7. The van der Waals surface area contributed by atoms with Gasteiger partial charge in [-0.25, -0.2) is 4.98 Å². The third-order valence-corrected chi connectivity index (χ3v) is 5.10. The van der Waals surface area contributed by atoms with Crippen molar-refractivity contribution in [2.45, 2.75) is 13.0 Å². The minimum atomic E-state index is -0.0488. The van der Waals surface area contributed by atoms with Crippen LogP contribution in [0.3, 0.4) is 0 Å². The molecule has 1 aliphatic rings. The van der Waals surface area contributed by atoms with Crippen LogP contribution in [0.4, 0.5) is 0 Å². The molecule has 4 nitrogen and oxygen atoms in total. The number of aromatic nitrogens is 1. The molecular weight excluding hydrogens is 350 g/mol. The van der Waals surface area contributed by atoms with Crippen molar-refractivity contribution in [3.05, 3.63) is 39.1 Å². The molecule has 6 heteroatoms. The lowest BCUT2D eigenvalue weighted by molar-refractivity contribution is -0.127. The second-order valence-electron chi connectivity index (χ2n) is 5.16. The van der Waals surface area contributed by atoms with Crippen molar-refractivity contribution in [3.63, 3.8) is 0 Å². The molecule has 0 spiro atoms. The van der Waals surface area contributed by atoms with Gasteiger partial charge < -0.3 is 10.6 Å². The topological polar surface area (TPSA) is 54.0 Å². The normalized spacial score (nSPS) is 16.3. The van der Waals surface area contributed by atoms with Crippen LogP contribution >= 0.6 is 27.3 Å². The zero-order valence-corrected chi connectivity index (χ0v) is 14.0. The summed E-state index contributed by atoms with van der Waals surface area (Å²) in [4.78, 5) is 16.6. The third kappa shape index (κ3) is 3.33. The number of amides is 1. The maximum Gasteiger partial charge on any atom is 0.226 e. The van der Waals surface area contributed by atoms with Crippen LogP contribution in [0, 0.1) is 5.92 Å². The summed E-state index contributed by atoms with van der Waals surface area (Å²) < 4.78 is 1.05. The SMILES string of the molecule is CC(NC(=O)C1CNC1)c1nc(-c2ccc(Br)cc2)cs1. The van der Waals surface area contributed by atoms with Gasteiger partial charge in [0.05, 0.1) is 17.7 Å². The fraction of sp³-hybridized carbons (Fsp3) is 0.333. The average Bonchev–Trinajstić information content (AvgIpc) is 2.87. The highest BCUT2D eigenvalue weighted by Crippen LogP contribution is 2.26. The summed E-state index contributed by atoms with van der Waals surface area (Å²) in [6.07, 6.45) is 0. The summed E-state index contributed by atoms with van der Waals surface area (Å²) in [7, 11) is 0. The lowest BCUT2D eigenvalue weighted by Crippen LogP contribution is -2.51. The molecule has 1 amide bonds. The number of carbonyl (C=O) groups is 1. The van der Waals surface area contributed by atoms with Gasteiger partial charge >= 0.3 is 0 Å². The average molecular weight is 366 g/mol. The van der Waals surface area contributed by atoms with Gasteiger partial charge in [-0.05, 0) is 19.1 Å². The van der Waals surface area contributed by atoms with Crippen LogP contribution < -0.4 is 10.6 Å². The fourth-order valence-electron chi connectivity index (χ4n) is 2.11. The van der Waals surface area contributed by atoms with E-state index in [1.807, 2.05) is 36.6 Å². The van der Waals surface area contributed by atoms with Gasteiger partial charge in [0.25, 0.3) is 0 Å². The summed E-state index contributed by atoms with van der Waals surface area (Å²) >= 11 is 5.01. The van der Waals surface area contributed by atoms with Gasteiger partial charge in [0.2, 0.25) is 5.91 Å². The molecule has 2 N–H and O–H groups in total. The zero-order chi connectivity index (χ0) is 14.8. The van der Waals surface area contributed by atoms with Gasteiger partial charge in [-0.3, -0.25) is 4.79 Å². The van der Waals surface area contributed by atoms with Crippen LogP contribution in [0.5, 0.6) is 0 Å². The van der Waals surface area contributed by atoms with Crippen LogP contribution in [0.25, 0.3) is 11.3 Å². The first-order valence-electron chi connectivity index (χ1n) is 6.86. The molecule has 0 radical (unpaired) electrons. The second-order valence-corrected chi connectivity index (χ2v) is 6.97. The van der Waals surface area contributed by atoms with Crippen LogP contribution in [0.2, 0.25) is 0 Å². The van der Waals surface area contributed by atoms with Crippen molar-refractivity contribution < 1.29 is 4.79 Å². The van der Waals surface area contributed by atoms with Crippen molar-refractivity contribution in [3.8, 4) is 11.3 Å². The standard InChI is InChI=1S/C15H16BrN3OS/c1-9(18-14(20)11-6-17-7-11)15-19-13(8-21-15)10-2-4-12(16)5-3-10/h2-5,8-9,11,17H,6-7H2,1H3,(H,18,20). The van der Waals surface area contributed by atoms with E-state index in [9.17, 15) is 4.79 Å². The molecule has 110 valence electrons. The van der Waals surface area contributed by atoms with E-state index in [1.165, 1.54) is 0 Å². The lowest BCUT2D eigenvalue weighted by Gasteiger charge is -2.27. The summed E-state index contributed by atoms with van der Waals surface area (Å²) in [6.45, 7) is 3.54. The molecule has 1 aromatic carbocycles. The van der Waals surface area contributed by atoms with E-state index < -0.39 is 0 Å². The maximum atomic E-state index is 11.9. The molecule has 21 heavy (non-hydrogen) atoms. The van der Waals surface area contributed by atoms with E-state index in [1.54, 1.807) is 11.3 Å². The Hall–Kier alpha value is -1.24. The van der Waals surface area contributed by atoms with Crippen LogP contribution in [-0.4, -0.2) is 24.0 Å². The molecule has 1 aromatic heterocycles. The highest BCUT2D eigenvalue weighted by atomic mass is 79.9. The Morgan fingerprint density at radius 2 is 2.14 bits per heavy atom. The Labute approximate surface area is 136 Å². The maximum absolute atomic E-state index is 11.9. The van der Waals surface area contributed by atoms with E-state index in [0.717, 1.165) is 33.8 Å². The number of halogens is 1.